The number of fused-ring (bicyclic) bond motifs is 1. The van der Waals surface area contributed by atoms with Gasteiger partial charge in [-0.05, 0) is 49.2 Å². The fraction of sp³-hybridized carbons (Fsp3) is 0.381. The third-order valence-electron chi connectivity index (χ3n) is 5.41. The number of aromatic nitrogens is 2. The number of hydrogen-bond donors (Lipinski definition) is 1. The first-order valence-corrected chi connectivity index (χ1v) is 8.94. The third kappa shape index (κ3) is 3.32. The van der Waals surface area contributed by atoms with Crippen LogP contribution >= 0.6 is 0 Å². The molecule has 1 fully saturated rings. The van der Waals surface area contributed by atoms with Gasteiger partial charge in [0, 0.05) is 61.6 Å². The van der Waals surface area contributed by atoms with Gasteiger partial charge < -0.3 is 9.67 Å². The zero-order valence-electron chi connectivity index (χ0n) is 14.9. The number of β-amino-alcohol motifs (C(OH)–C–C–N with tert-alkyl or cyclic N) is 1. The number of aryl methyl sites for hydroxylation is 2. The highest BCUT2D eigenvalue weighted by molar-refractivity contribution is 5.82. The average Bonchev–Trinajstić information content (AvgIpc) is 3.09. The number of rotatable bonds is 4. The van der Waals surface area contributed by atoms with Gasteiger partial charge in [-0.15, -0.1) is 0 Å². The minimum absolute atomic E-state index is 0.259. The quantitative estimate of drug-likeness (QED) is 0.797. The smallest absolute Gasteiger partial charge is 0.0710 e. The van der Waals surface area contributed by atoms with Gasteiger partial charge in [-0.1, -0.05) is 11.6 Å². The minimum atomic E-state index is -0.259. The number of nitrogens with zero attached hydrogens (tertiary/aromatic N) is 3. The molecule has 0 saturated carbocycles. The van der Waals surface area contributed by atoms with Gasteiger partial charge in [-0.2, -0.15) is 0 Å². The summed E-state index contributed by atoms with van der Waals surface area (Å²) in [6.45, 7) is 4.70. The van der Waals surface area contributed by atoms with E-state index in [4.69, 9.17) is 0 Å². The maximum absolute atomic E-state index is 10.5. The fourth-order valence-corrected chi connectivity index (χ4v) is 4.00. The maximum atomic E-state index is 10.5. The van der Waals surface area contributed by atoms with Crippen molar-refractivity contribution < 1.29 is 5.11 Å². The highest BCUT2D eigenvalue weighted by atomic mass is 16.3. The SMILES string of the molecule is Cc1ccc2c(c1)cc(CN1C[C@@H](Cc3ccncc3)[C@H](O)C1)n2C. The zero-order chi connectivity index (χ0) is 17.4. The monoisotopic (exact) mass is 335 g/mol. The molecule has 25 heavy (non-hydrogen) atoms. The van der Waals surface area contributed by atoms with Crippen molar-refractivity contribution in [1.29, 1.82) is 0 Å². The highest BCUT2D eigenvalue weighted by Crippen LogP contribution is 2.25. The molecule has 4 rings (SSSR count). The molecule has 130 valence electrons. The van der Waals surface area contributed by atoms with Crippen molar-refractivity contribution in [3.63, 3.8) is 0 Å². The lowest BCUT2D eigenvalue weighted by molar-refractivity contribution is 0.141. The van der Waals surface area contributed by atoms with Crippen LogP contribution in [-0.4, -0.2) is 38.8 Å². The van der Waals surface area contributed by atoms with E-state index in [0.29, 0.717) is 5.92 Å². The van der Waals surface area contributed by atoms with Crippen molar-refractivity contribution >= 4 is 10.9 Å². The van der Waals surface area contributed by atoms with Crippen molar-refractivity contribution in [3.8, 4) is 0 Å². The first-order chi connectivity index (χ1) is 12.1. The number of benzene rings is 1. The Kier molecular flexibility index (Phi) is 4.32. The summed E-state index contributed by atoms with van der Waals surface area (Å²) in [5.41, 5.74) is 5.12. The number of aliphatic hydroxyl groups is 1. The van der Waals surface area contributed by atoms with Crippen LogP contribution < -0.4 is 0 Å². The lowest BCUT2D eigenvalue weighted by Gasteiger charge is -2.16. The predicted molar refractivity (Wildman–Crippen MR) is 100 cm³/mol. The molecule has 4 nitrogen and oxygen atoms in total. The minimum Gasteiger partial charge on any atom is -0.391 e. The molecule has 0 unspecified atom stereocenters. The average molecular weight is 335 g/mol. The second-order valence-electron chi connectivity index (χ2n) is 7.34. The second-order valence-corrected chi connectivity index (χ2v) is 7.34. The molecule has 3 aromatic rings. The molecular formula is C21H25N3O. The number of likely N-dealkylation sites (tertiary alicyclic amines) is 1. The van der Waals surface area contributed by atoms with E-state index in [1.807, 2.05) is 24.5 Å². The molecule has 4 heteroatoms. The lowest BCUT2D eigenvalue weighted by atomic mass is 9.97. The Morgan fingerprint density at radius 1 is 1.12 bits per heavy atom. The molecule has 1 aliphatic rings. The van der Waals surface area contributed by atoms with Gasteiger partial charge in [0.2, 0.25) is 0 Å². The van der Waals surface area contributed by atoms with E-state index in [1.165, 1.54) is 27.7 Å². The summed E-state index contributed by atoms with van der Waals surface area (Å²) >= 11 is 0. The molecule has 1 aromatic carbocycles. The third-order valence-corrected chi connectivity index (χ3v) is 5.41. The van der Waals surface area contributed by atoms with Crippen LogP contribution in [0.15, 0.2) is 48.8 Å². The first kappa shape index (κ1) is 16.3. The molecule has 1 saturated heterocycles. The highest BCUT2D eigenvalue weighted by Gasteiger charge is 2.31. The second kappa shape index (κ2) is 6.62. The van der Waals surface area contributed by atoms with Crippen molar-refractivity contribution in [2.45, 2.75) is 26.0 Å². The summed E-state index contributed by atoms with van der Waals surface area (Å²) < 4.78 is 2.28. The Morgan fingerprint density at radius 2 is 1.92 bits per heavy atom. The molecule has 2 atom stereocenters. The number of hydrogen-bond acceptors (Lipinski definition) is 3. The van der Waals surface area contributed by atoms with Gasteiger partial charge in [-0.25, -0.2) is 0 Å². The normalized spacial score (nSPS) is 21.2. The van der Waals surface area contributed by atoms with Crippen LogP contribution in [0.2, 0.25) is 0 Å². The van der Waals surface area contributed by atoms with Crippen LogP contribution in [0.1, 0.15) is 16.8 Å². The summed E-state index contributed by atoms with van der Waals surface area (Å²) in [6.07, 6.45) is 4.30. The van der Waals surface area contributed by atoms with E-state index >= 15 is 0 Å². The molecule has 2 aromatic heterocycles. The number of aliphatic hydroxyl groups excluding tert-OH is 1. The van der Waals surface area contributed by atoms with Crippen LogP contribution in [0.25, 0.3) is 10.9 Å². The number of pyridine rings is 1. The largest absolute Gasteiger partial charge is 0.391 e. The van der Waals surface area contributed by atoms with Crippen LogP contribution in [0.5, 0.6) is 0 Å². The Bertz CT molecular complexity index is 871. The van der Waals surface area contributed by atoms with Crippen molar-refractivity contribution in [2.24, 2.45) is 13.0 Å². The lowest BCUT2D eigenvalue weighted by Crippen LogP contribution is -2.22. The van der Waals surface area contributed by atoms with Crippen molar-refractivity contribution in [2.75, 3.05) is 13.1 Å². The zero-order valence-corrected chi connectivity index (χ0v) is 14.9. The predicted octanol–water partition coefficient (Wildman–Crippen LogP) is 2.92. The molecule has 1 N–H and O–H groups in total. The first-order valence-electron chi connectivity index (χ1n) is 8.94. The van der Waals surface area contributed by atoms with Crippen molar-refractivity contribution in [3.05, 3.63) is 65.6 Å². The topological polar surface area (TPSA) is 41.3 Å². The Labute approximate surface area is 148 Å². The standard InChI is InChI=1S/C21H25N3O/c1-15-3-4-20-17(9-15)11-19(23(20)2)13-24-12-18(21(25)14-24)10-16-5-7-22-8-6-16/h3-9,11,18,21,25H,10,12-14H2,1-2H3/t18-,21-/m1/s1. The van der Waals surface area contributed by atoms with Gasteiger partial charge in [-0.3, -0.25) is 9.88 Å². The maximum Gasteiger partial charge on any atom is 0.0710 e. The molecule has 0 radical (unpaired) electrons. The van der Waals surface area contributed by atoms with Crippen LogP contribution in [0.3, 0.4) is 0 Å². The van der Waals surface area contributed by atoms with E-state index in [-0.39, 0.29) is 6.10 Å². The van der Waals surface area contributed by atoms with Crippen LogP contribution in [0, 0.1) is 12.8 Å². The fourth-order valence-electron chi connectivity index (χ4n) is 4.00. The van der Waals surface area contributed by atoms with E-state index in [1.54, 1.807) is 0 Å². The molecule has 0 amide bonds. The molecule has 0 spiro atoms. The summed E-state index contributed by atoms with van der Waals surface area (Å²) in [6, 6.07) is 13.0. The van der Waals surface area contributed by atoms with E-state index in [9.17, 15) is 5.11 Å². The Hall–Kier alpha value is -2.17. The van der Waals surface area contributed by atoms with Gasteiger partial charge >= 0.3 is 0 Å². The Balaban J connectivity index is 1.48. The summed E-state index contributed by atoms with van der Waals surface area (Å²) in [5, 5.41) is 11.8. The van der Waals surface area contributed by atoms with Gasteiger partial charge in [0.1, 0.15) is 0 Å². The van der Waals surface area contributed by atoms with E-state index in [2.05, 4.69) is 52.7 Å². The summed E-state index contributed by atoms with van der Waals surface area (Å²) in [7, 11) is 2.13. The van der Waals surface area contributed by atoms with E-state index < -0.39 is 0 Å². The van der Waals surface area contributed by atoms with Gasteiger partial charge in [0.25, 0.3) is 0 Å². The van der Waals surface area contributed by atoms with E-state index in [0.717, 1.165) is 26.1 Å². The molecular weight excluding hydrogens is 310 g/mol. The summed E-state index contributed by atoms with van der Waals surface area (Å²) in [5.74, 6) is 0.291. The Morgan fingerprint density at radius 3 is 2.72 bits per heavy atom. The molecule has 0 aliphatic carbocycles. The van der Waals surface area contributed by atoms with Gasteiger partial charge in [0.15, 0.2) is 0 Å². The van der Waals surface area contributed by atoms with Crippen LogP contribution in [0.4, 0.5) is 0 Å². The summed E-state index contributed by atoms with van der Waals surface area (Å²) in [4.78, 5) is 6.44. The molecule has 3 heterocycles. The molecule has 0 bridgehead atoms. The molecule has 1 aliphatic heterocycles. The van der Waals surface area contributed by atoms with Crippen LogP contribution in [-0.2, 0) is 20.0 Å². The van der Waals surface area contributed by atoms with Gasteiger partial charge in [0.05, 0.1) is 6.10 Å². The van der Waals surface area contributed by atoms with Crippen molar-refractivity contribution in [1.82, 2.24) is 14.5 Å².